The number of rotatable bonds is 8. The molecule has 0 spiro atoms. The van der Waals surface area contributed by atoms with Crippen molar-refractivity contribution in [3.8, 4) is 0 Å². The van der Waals surface area contributed by atoms with Gasteiger partial charge >= 0.3 is 5.97 Å². The monoisotopic (exact) mass is 515 g/mol. The molecule has 0 N–H and O–H groups in total. The molecule has 0 radical (unpaired) electrons. The minimum Gasteiger partial charge on any atom is -0.463 e. The number of esters is 1. The number of ether oxygens (including phenoxy) is 2. The molecule has 37 heavy (non-hydrogen) atoms. The third-order valence-corrected chi connectivity index (χ3v) is 6.88. The molecule has 0 saturated carbocycles. The highest BCUT2D eigenvalue weighted by Crippen LogP contribution is 2.35. The molecule has 1 aliphatic rings. The van der Waals surface area contributed by atoms with Crippen LogP contribution in [0, 0.1) is 0 Å². The van der Waals surface area contributed by atoms with Crippen LogP contribution >= 0.6 is 11.8 Å². The molecule has 1 aliphatic heterocycles. The predicted molar refractivity (Wildman–Crippen MR) is 144 cm³/mol. The molecule has 2 aromatic carbocycles. The van der Waals surface area contributed by atoms with Crippen molar-refractivity contribution in [1.82, 2.24) is 9.47 Å². The minimum absolute atomic E-state index is 0.109. The van der Waals surface area contributed by atoms with Gasteiger partial charge in [0.1, 0.15) is 5.76 Å². The number of benzene rings is 2. The van der Waals surface area contributed by atoms with Crippen molar-refractivity contribution in [1.29, 1.82) is 0 Å². The highest BCUT2D eigenvalue weighted by atomic mass is 32.2. The average molecular weight is 516 g/mol. The molecule has 5 rings (SSSR count). The van der Waals surface area contributed by atoms with Crippen molar-refractivity contribution in [3.05, 3.63) is 94.9 Å². The van der Waals surface area contributed by atoms with Crippen molar-refractivity contribution in [3.63, 3.8) is 0 Å². The summed E-state index contributed by atoms with van der Waals surface area (Å²) in [7, 11) is 2.93. The van der Waals surface area contributed by atoms with Gasteiger partial charge in [0.25, 0.3) is 5.91 Å². The van der Waals surface area contributed by atoms with E-state index in [9.17, 15) is 9.59 Å². The predicted octanol–water partition coefficient (Wildman–Crippen LogP) is 5.32. The lowest BCUT2D eigenvalue weighted by Crippen LogP contribution is -2.32. The number of hydrogen-bond donors (Lipinski definition) is 0. The number of methoxy groups -OCH3 is 2. The van der Waals surface area contributed by atoms with Crippen LogP contribution in [0.1, 0.15) is 21.9 Å². The number of carbonyl (C=O) groups is 2. The Hall–Kier alpha value is -4.08. The molecule has 0 bridgehead atoms. The molecule has 1 amide bonds. The van der Waals surface area contributed by atoms with Gasteiger partial charge in [-0.25, -0.2) is 9.79 Å². The number of amidine groups is 1. The fourth-order valence-electron chi connectivity index (χ4n) is 4.09. The average Bonchev–Trinajstić information content (AvgIpc) is 3.61. The van der Waals surface area contributed by atoms with Crippen LogP contribution in [0.15, 0.2) is 87.2 Å². The third kappa shape index (κ3) is 5.23. The van der Waals surface area contributed by atoms with Gasteiger partial charge < -0.3 is 18.5 Å². The quantitative estimate of drug-likeness (QED) is 0.233. The van der Waals surface area contributed by atoms with Gasteiger partial charge in [-0.3, -0.25) is 9.69 Å². The molecular weight excluding hydrogens is 490 g/mol. The Labute approximate surface area is 218 Å². The molecule has 1 saturated heterocycles. The van der Waals surface area contributed by atoms with E-state index in [0.717, 1.165) is 22.2 Å². The second-order valence-electron chi connectivity index (χ2n) is 8.28. The standard InChI is InChI=1S/C28H25N3O5S/c1-34-15-14-31-26(32)25(37-28(31)29-20-8-4-3-5-9-20)16-19-17-30(23-11-7-6-10-22(19)23)18-21-12-13-24(36-21)27(33)35-2/h3-13,16-17H,14-15,18H2,1-2H3/b25-16-,29-28?. The first-order chi connectivity index (χ1) is 18.1. The highest BCUT2D eigenvalue weighted by Gasteiger charge is 2.33. The molecule has 0 atom stereocenters. The maximum absolute atomic E-state index is 13.4. The maximum Gasteiger partial charge on any atom is 0.373 e. The van der Waals surface area contributed by atoms with E-state index in [4.69, 9.17) is 18.9 Å². The number of nitrogens with zero attached hydrogens (tertiary/aromatic N) is 3. The third-order valence-electron chi connectivity index (χ3n) is 5.87. The lowest BCUT2D eigenvalue weighted by atomic mass is 10.1. The van der Waals surface area contributed by atoms with Crippen LogP contribution in [0.4, 0.5) is 5.69 Å². The van der Waals surface area contributed by atoms with E-state index < -0.39 is 5.97 Å². The van der Waals surface area contributed by atoms with Crippen molar-refractivity contribution in [2.75, 3.05) is 27.4 Å². The molecule has 188 valence electrons. The summed E-state index contributed by atoms with van der Waals surface area (Å²) in [5.41, 5.74) is 2.66. The number of amides is 1. The molecule has 9 heteroatoms. The number of para-hydroxylation sites is 2. The summed E-state index contributed by atoms with van der Waals surface area (Å²) < 4.78 is 17.7. The van der Waals surface area contributed by atoms with Crippen LogP contribution < -0.4 is 0 Å². The fraction of sp³-hybridized carbons (Fsp3) is 0.179. The Morgan fingerprint density at radius 3 is 2.62 bits per heavy atom. The summed E-state index contributed by atoms with van der Waals surface area (Å²) in [4.78, 5) is 32.1. The van der Waals surface area contributed by atoms with E-state index in [2.05, 4.69) is 0 Å². The zero-order valence-corrected chi connectivity index (χ0v) is 21.2. The zero-order chi connectivity index (χ0) is 25.8. The van der Waals surface area contributed by atoms with E-state index in [-0.39, 0.29) is 11.7 Å². The molecule has 0 unspecified atom stereocenters. The summed E-state index contributed by atoms with van der Waals surface area (Å²) >= 11 is 1.35. The van der Waals surface area contributed by atoms with Crippen LogP contribution in [-0.2, 0) is 20.8 Å². The van der Waals surface area contributed by atoms with Crippen LogP contribution in [0.25, 0.3) is 17.0 Å². The van der Waals surface area contributed by atoms with Gasteiger partial charge in [0.15, 0.2) is 5.17 Å². The van der Waals surface area contributed by atoms with E-state index in [0.29, 0.717) is 35.5 Å². The molecule has 0 aliphatic carbocycles. The largest absolute Gasteiger partial charge is 0.463 e. The summed E-state index contributed by atoms with van der Waals surface area (Å²) in [6, 6.07) is 20.9. The Balaban J connectivity index is 1.49. The van der Waals surface area contributed by atoms with Crippen LogP contribution in [0.2, 0.25) is 0 Å². The Bertz CT molecular complexity index is 1500. The molecule has 1 fully saturated rings. The molecule has 4 aromatic rings. The molecule has 8 nitrogen and oxygen atoms in total. The normalized spacial score (nSPS) is 15.8. The topological polar surface area (TPSA) is 86.3 Å². The van der Waals surface area contributed by atoms with Gasteiger partial charge in [-0.1, -0.05) is 36.4 Å². The van der Waals surface area contributed by atoms with E-state index in [1.54, 1.807) is 24.1 Å². The number of carbonyl (C=O) groups excluding carboxylic acids is 2. The van der Waals surface area contributed by atoms with E-state index in [1.807, 2.05) is 71.4 Å². The lowest BCUT2D eigenvalue weighted by Gasteiger charge is -2.14. The van der Waals surface area contributed by atoms with Gasteiger partial charge in [0.2, 0.25) is 5.76 Å². The van der Waals surface area contributed by atoms with Gasteiger partial charge in [-0.05, 0) is 48.2 Å². The number of hydrogen-bond acceptors (Lipinski definition) is 7. The molecular formula is C28H25N3O5S. The highest BCUT2D eigenvalue weighted by molar-refractivity contribution is 8.18. The molecule has 3 heterocycles. The smallest absolute Gasteiger partial charge is 0.373 e. The van der Waals surface area contributed by atoms with Crippen LogP contribution in [0.5, 0.6) is 0 Å². The number of furan rings is 1. The van der Waals surface area contributed by atoms with Crippen molar-refractivity contribution in [2.24, 2.45) is 4.99 Å². The summed E-state index contributed by atoms with van der Waals surface area (Å²) in [6.45, 7) is 1.24. The van der Waals surface area contributed by atoms with Crippen molar-refractivity contribution >= 4 is 51.5 Å². The number of thioether (sulfide) groups is 1. The Kier molecular flexibility index (Phi) is 7.25. The maximum atomic E-state index is 13.4. The Morgan fingerprint density at radius 1 is 1.05 bits per heavy atom. The first-order valence-electron chi connectivity index (χ1n) is 11.7. The SMILES string of the molecule is COCCN1C(=O)/C(=C/c2cn(Cc3ccc(C(=O)OC)o3)c3ccccc23)SC1=Nc1ccccc1. The fourth-order valence-corrected chi connectivity index (χ4v) is 5.10. The number of fused-ring (bicyclic) bond motifs is 1. The van der Waals surface area contributed by atoms with Crippen LogP contribution in [-0.4, -0.2) is 53.9 Å². The summed E-state index contributed by atoms with van der Waals surface area (Å²) in [5.74, 6) is 0.152. The van der Waals surface area contributed by atoms with Crippen molar-refractivity contribution < 1.29 is 23.5 Å². The van der Waals surface area contributed by atoms with Gasteiger partial charge in [-0.2, -0.15) is 0 Å². The zero-order valence-electron chi connectivity index (χ0n) is 20.4. The molecule has 2 aromatic heterocycles. The number of aliphatic imine (C=N–C) groups is 1. The van der Waals surface area contributed by atoms with Gasteiger partial charge in [-0.15, -0.1) is 0 Å². The van der Waals surface area contributed by atoms with Gasteiger partial charge in [0, 0.05) is 29.8 Å². The van der Waals surface area contributed by atoms with E-state index in [1.165, 1.54) is 18.9 Å². The van der Waals surface area contributed by atoms with Crippen molar-refractivity contribution in [2.45, 2.75) is 6.54 Å². The first kappa shape index (κ1) is 24.6. The Morgan fingerprint density at radius 2 is 1.84 bits per heavy atom. The first-order valence-corrected chi connectivity index (χ1v) is 12.5. The lowest BCUT2D eigenvalue weighted by molar-refractivity contribution is -0.122. The minimum atomic E-state index is -0.517. The summed E-state index contributed by atoms with van der Waals surface area (Å²) in [6.07, 6.45) is 3.89. The second kappa shape index (κ2) is 10.9. The van der Waals surface area contributed by atoms with Crippen LogP contribution in [0.3, 0.4) is 0 Å². The summed E-state index contributed by atoms with van der Waals surface area (Å²) in [5, 5.41) is 1.62. The number of aromatic nitrogens is 1. The van der Waals surface area contributed by atoms with Gasteiger partial charge in [0.05, 0.1) is 37.4 Å². The van der Waals surface area contributed by atoms with E-state index >= 15 is 0 Å². The second-order valence-corrected chi connectivity index (χ2v) is 9.29.